The van der Waals surface area contributed by atoms with Crippen LogP contribution in [0, 0.1) is 10.1 Å². The molecule has 0 aliphatic heterocycles. The molecular formula is C10H12N2O5. The maximum atomic E-state index is 11.5. The zero-order chi connectivity index (χ0) is 12.8. The molecule has 0 heterocycles. The second-order valence-electron chi connectivity index (χ2n) is 3.21. The van der Waals surface area contributed by atoms with Crippen molar-refractivity contribution in [1.82, 2.24) is 5.32 Å². The van der Waals surface area contributed by atoms with Crippen LogP contribution in [0.3, 0.4) is 0 Å². The van der Waals surface area contributed by atoms with E-state index in [9.17, 15) is 20.0 Å². The number of amides is 1. The number of nitrogens with one attached hydrogen (secondary N) is 1. The normalized spacial score (nSPS) is 9.94. The van der Waals surface area contributed by atoms with Crippen molar-refractivity contribution in [1.29, 1.82) is 0 Å². The van der Waals surface area contributed by atoms with Gasteiger partial charge in [-0.2, -0.15) is 0 Å². The lowest BCUT2D eigenvalue weighted by molar-refractivity contribution is -0.385. The lowest BCUT2D eigenvalue weighted by Crippen LogP contribution is -2.26. The number of methoxy groups -OCH3 is 1. The summed E-state index contributed by atoms with van der Waals surface area (Å²) in [6, 6.07) is 3.42. The highest BCUT2D eigenvalue weighted by Gasteiger charge is 2.15. The molecule has 0 fully saturated rings. The van der Waals surface area contributed by atoms with E-state index in [1.807, 2.05) is 0 Å². The molecule has 7 nitrogen and oxygen atoms in total. The summed E-state index contributed by atoms with van der Waals surface area (Å²) >= 11 is 0. The maximum absolute atomic E-state index is 11.5. The van der Waals surface area contributed by atoms with E-state index in [2.05, 4.69) is 5.32 Å². The molecule has 1 aromatic carbocycles. The molecule has 0 aliphatic carbocycles. The molecule has 0 unspecified atom stereocenters. The first-order valence-corrected chi connectivity index (χ1v) is 4.80. The monoisotopic (exact) mass is 240 g/mol. The third-order valence-corrected chi connectivity index (χ3v) is 2.03. The Balaban J connectivity index is 2.76. The number of nitrogens with zero attached hydrogens (tertiary/aromatic N) is 1. The Morgan fingerprint density at radius 3 is 2.82 bits per heavy atom. The number of ether oxygens (including phenoxy) is 1. The van der Waals surface area contributed by atoms with Crippen molar-refractivity contribution < 1.29 is 19.6 Å². The second-order valence-corrected chi connectivity index (χ2v) is 3.21. The van der Waals surface area contributed by atoms with Gasteiger partial charge in [0, 0.05) is 25.3 Å². The van der Waals surface area contributed by atoms with Crippen LogP contribution >= 0.6 is 0 Å². The SMILES string of the molecule is COCCNC(=O)c1ccc([N+](=O)[O-])c(O)c1. The molecule has 0 saturated heterocycles. The Labute approximate surface area is 97.2 Å². The average molecular weight is 240 g/mol. The van der Waals surface area contributed by atoms with Crippen LogP contribution in [-0.2, 0) is 4.74 Å². The van der Waals surface area contributed by atoms with Gasteiger partial charge in [0.05, 0.1) is 11.5 Å². The molecule has 1 rings (SSSR count). The van der Waals surface area contributed by atoms with Crippen LogP contribution in [0.15, 0.2) is 18.2 Å². The molecule has 92 valence electrons. The molecule has 0 saturated carbocycles. The largest absolute Gasteiger partial charge is 0.502 e. The molecule has 0 spiro atoms. The fourth-order valence-electron chi connectivity index (χ4n) is 1.19. The second kappa shape index (κ2) is 5.80. The predicted molar refractivity (Wildman–Crippen MR) is 59.0 cm³/mol. The number of hydrogen-bond acceptors (Lipinski definition) is 5. The Hall–Kier alpha value is -2.15. The van der Waals surface area contributed by atoms with Gasteiger partial charge < -0.3 is 15.2 Å². The Kier molecular flexibility index (Phi) is 4.41. The number of aromatic hydroxyl groups is 1. The lowest BCUT2D eigenvalue weighted by atomic mass is 10.2. The van der Waals surface area contributed by atoms with E-state index in [4.69, 9.17) is 4.74 Å². The maximum Gasteiger partial charge on any atom is 0.310 e. The number of carbonyl (C=O) groups excluding carboxylic acids is 1. The molecule has 1 aromatic rings. The van der Waals surface area contributed by atoms with Crippen LogP contribution in [0.2, 0.25) is 0 Å². The van der Waals surface area contributed by atoms with Crippen molar-refractivity contribution in [3.8, 4) is 5.75 Å². The number of phenolic OH excluding ortho intramolecular Hbond substituents is 1. The molecule has 0 bridgehead atoms. The van der Waals surface area contributed by atoms with E-state index < -0.39 is 22.3 Å². The van der Waals surface area contributed by atoms with Gasteiger partial charge in [-0.1, -0.05) is 0 Å². The van der Waals surface area contributed by atoms with E-state index >= 15 is 0 Å². The number of hydrogen-bond donors (Lipinski definition) is 2. The summed E-state index contributed by atoms with van der Waals surface area (Å²) < 4.78 is 4.75. The number of rotatable bonds is 5. The molecule has 0 aromatic heterocycles. The Morgan fingerprint density at radius 1 is 1.59 bits per heavy atom. The standard InChI is InChI=1S/C10H12N2O5/c1-17-5-4-11-10(14)7-2-3-8(12(15)16)9(13)6-7/h2-3,6,13H,4-5H2,1H3,(H,11,14). The van der Waals surface area contributed by atoms with E-state index in [1.54, 1.807) is 0 Å². The molecule has 2 N–H and O–H groups in total. The van der Waals surface area contributed by atoms with Gasteiger partial charge in [0.2, 0.25) is 0 Å². The molecule has 0 aliphatic rings. The van der Waals surface area contributed by atoms with Crippen molar-refractivity contribution in [3.05, 3.63) is 33.9 Å². The third kappa shape index (κ3) is 3.42. The minimum Gasteiger partial charge on any atom is -0.502 e. The minimum atomic E-state index is -0.720. The summed E-state index contributed by atoms with van der Waals surface area (Å²) in [7, 11) is 1.50. The van der Waals surface area contributed by atoms with Crippen LogP contribution in [0.1, 0.15) is 10.4 Å². The number of carbonyl (C=O) groups is 1. The van der Waals surface area contributed by atoms with Crippen molar-refractivity contribution in [2.75, 3.05) is 20.3 Å². The highest BCUT2D eigenvalue weighted by Crippen LogP contribution is 2.25. The summed E-state index contributed by atoms with van der Waals surface area (Å²) in [6.07, 6.45) is 0. The van der Waals surface area contributed by atoms with E-state index in [1.165, 1.54) is 13.2 Å². The number of phenols is 1. The molecule has 1 amide bonds. The Morgan fingerprint density at radius 2 is 2.29 bits per heavy atom. The Bertz CT molecular complexity index is 433. The van der Waals surface area contributed by atoms with Gasteiger partial charge in [-0.3, -0.25) is 14.9 Å². The van der Waals surface area contributed by atoms with Crippen LogP contribution in [-0.4, -0.2) is 36.2 Å². The first-order chi connectivity index (χ1) is 8.06. The van der Waals surface area contributed by atoms with E-state index in [0.29, 0.717) is 13.2 Å². The van der Waals surface area contributed by atoms with Crippen LogP contribution < -0.4 is 5.32 Å². The minimum absolute atomic E-state index is 0.157. The molecule has 17 heavy (non-hydrogen) atoms. The highest BCUT2D eigenvalue weighted by atomic mass is 16.6. The topological polar surface area (TPSA) is 102 Å². The highest BCUT2D eigenvalue weighted by molar-refractivity contribution is 5.95. The summed E-state index contributed by atoms with van der Waals surface area (Å²) in [6.45, 7) is 0.692. The fourth-order valence-corrected chi connectivity index (χ4v) is 1.19. The van der Waals surface area contributed by atoms with Gasteiger partial charge in [-0.05, 0) is 12.1 Å². The van der Waals surface area contributed by atoms with Crippen molar-refractivity contribution in [2.45, 2.75) is 0 Å². The molecule has 0 atom stereocenters. The zero-order valence-electron chi connectivity index (χ0n) is 9.17. The summed E-state index contributed by atoms with van der Waals surface area (Å²) in [5.74, 6) is -0.957. The van der Waals surface area contributed by atoms with E-state index in [-0.39, 0.29) is 5.56 Å². The van der Waals surface area contributed by atoms with Crippen LogP contribution in [0.5, 0.6) is 5.75 Å². The van der Waals surface area contributed by atoms with Crippen molar-refractivity contribution in [2.24, 2.45) is 0 Å². The van der Waals surface area contributed by atoms with Crippen LogP contribution in [0.4, 0.5) is 5.69 Å². The van der Waals surface area contributed by atoms with E-state index in [0.717, 1.165) is 12.1 Å². The molecular weight excluding hydrogens is 228 g/mol. The first-order valence-electron chi connectivity index (χ1n) is 4.80. The number of benzene rings is 1. The molecule has 0 radical (unpaired) electrons. The predicted octanol–water partition coefficient (Wildman–Crippen LogP) is 0.677. The van der Waals surface area contributed by atoms with Crippen LogP contribution in [0.25, 0.3) is 0 Å². The van der Waals surface area contributed by atoms with Gasteiger partial charge in [-0.15, -0.1) is 0 Å². The lowest BCUT2D eigenvalue weighted by Gasteiger charge is -2.04. The van der Waals surface area contributed by atoms with Crippen molar-refractivity contribution in [3.63, 3.8) is 0 Å². The third-order valence-electron chi connectivity index (χ3n) is 2.03. The van der Waals surface area contributed by atoms with Gasteiger partial charge in [0.1, 0.15) is 0 Å². The summed E-state index contributed by atoms with van der Waals surface area (Å²) in [4.78, 5) is 21.2. The van der Waals surface area contributed by atoms with Gasteiger partial charge in [0.15, 0.2) is 5.75 Å². The quantitative estimate of drug-likeness (QED) is 0.447. The average Bonchev–Trinajstić information content (AvgIpc) is 2.28. The summed E-state index contributed by atoms with van der Waals surface area (Å²) in [5.41, 5.74) is -0.275. The fraction of sp³-hybridized carbons (Fsp3) is 0.300. The first kappa shape index (κ1) is 12.9. The zero-order valence-corrected chi connectivity index (χ0v) is 9.17. The smallest absolute Gasteiger partial charge is 0.310 e. The van der Waals surface area contributed by atoms with Gasteiger partial charge >= 0.3 is 5.69 Å². The number of nitro benzene ring substituents is 1. The van der Waals surface area contributed by atoms with Gasteiger partial charge in [0.25, 0.3) is 5.91 Å². The molecule has 7 heteroatoms. The van der Waals surface area contributed by atoms with Crippen molar-refractivity contribution >= 4 is 11.6 Å². The van der Waals surface area contributed by atoms with Gasteiger partial charge in [-0.25, -0.2) is 0 Å². The summed E-state index contributed by atoms with van der Waals surface area (Å²) in [5, 5.41) is 22.3. The number of nitro groups is 1.